The highest BCUT2D eigenvalue weighted by Gasteiger charge is 2.19. The molecule has 0 saturated heterocycles. The van der Waals surface area contributed by atoms with Crippen molar-refractivity contribution in [1.29, 1.82) is 0 Å². The van der Waals surface area contributed by atoms with Gasteiger partial charge in [0.2, 0.25) is 0 Å². The first-order valence-electron chi connectivity index (χ1n) is 5.23. The minimum absolute atomic E-state index is 0.641. The second kappa shape index (κ2) is 3.49. The highest BCUT2D eigenvalue weighted by atomic mass is 35.5. The molecule has 2 heterocycles. The lowest BCUT2D eigenvalue weighted by Gasteiger charge is -2.06. The van der Waals surface area contributed by atoms with Crippen LogP contribution in [0.4, 0.5) is 5.69 Å². The Balaban J connectivity index is 2.15. The van der Waals surface area contributed by atoms with Gasteiger partial charge in [-0.15, -0.1) is 10.2 Å². The van der Waals surface area contributed by atoms with Crippen LogP contribution in [-0.4, -0.2) is 14.8 Å². The molecule has 1 aliphatic heterocycles. The number of aryl methyl sites for hydroxylation is 1. The average molecular weight is 235 g/mol. The van der Waals surface area contributed by atoms with Gasteiger partial charge in [0.1, 0.15) is 5.82 Å². The quantitative estimate of drug-likeness (QED) is 0.769. The van der Waals surface area contributed by atoms with Crippen LogP contribution < -0.4 is 5.73 Å². The Hall–Kier alpha value is -1.55. The second-order valence-electron chi connectivity index (χ2n) is 3.93. The zero-order chi connectivity index (χ0) is 11.1. The molecule has 2 aromatic rings. The molecule has 0 fully saturated rings. The molecule has 1 aromatic carbocycles. The van der Waals surface area contributed by atoms with Crippen LogP contribution in [0, 0.1) is 0 Å². The predicted molar refractivity (Wildman–Crippen MR) is 63.2 cm³/mol. The lowest BCUT2D eigenvalue weighted by Crippen LogP contribution is -1.99. The minimum Gasteiger partial charge on any atom is -0.398 e. The van der Waals surface area contributed by atoms with E-state index in [1.54, 1.807) is 6.07 Å². The van der Waals surface area contributed by atoms with E-state index in [4.69, 9.17) is 17.3 Å². The number of aromatic nitrogens is 3. The average Bonchev–Trinajstić information content (AvgIpc) is 2.80. The molecule has 2 N–H and O–H groups in total. The molecule has 82 valence electrons. The van der Waals surface area contributed by atoms with Crippen molar-refractivity contribution in [3.63, 3.8) is 0 Å². The van der Waals surface area contributed by atoms with Gasteiger partial charge in [-0.1, -0.05) is 11.6 Å². The fourth-order valence-electron chi connectivity index (χ4n) is 2.09. The number of nitrogen functional groups attached to an aromatic ring is 1. The molecule has 1 aromatic heterocycles. The molecule has 0 spiro atoms. The summed E-state index contributed by atoms with van der Waals surface area (Å²) in [5, 5.41) is 8.99. The van der Waals surface area contributed by atoms with E-state index in [0.717, 1.165) is 36.6 Å². The number of rotatable bonds is 1. The number of hydrogen-bond donors (Lipinski definition) is 1. The molecule has 5 heteroatoms. The molecule has 4 nitrogen and oxygen atoms in total. The molecule has 0 unspecified atom stereocenters. The van der Waals surface area contributed by atoms with E-state index in [0.29, 0.717) is 10.7 Å². The van der Waals surface area contributed by atoms with Gasteiger partial charge in [0, 0.05) is 29.2 Å². The summed E-state index contributed by atoms with van der Waals surface area (Å²) in [6, 6.07) is 5.46. The van der Waals surface area contributed by atoms with E-state index in [1.165, 1.54) is 0 Å². The van der Waals surface area contributed by atoms with Crippen molar-refractivity contribution in [2.45, 2.75) is 19.4 Å². The van der Waals surface area contributed by atoms with E-state index in [1.807, 2.05) is 12.1 Å². The minimum atomic E-state index is 0.641. The number of nitrogens with zero attached hydrogens (tertiary/aromatic N) is 3. The maximum atomic E-state index is 5.94. The standard InChI is InChI=1S/C11H11ClN4/c12-7-3-4-8(9(13)6-7)11-15-14-10-2-1-5-16(10)11/h3-4,6H,1-2,5,13H2. The van der Waals surface area contributed by atoms with Gasteiger partial charge in [-0.3, -0.25) is 0 Å². The zero-order valence-corrected chi connectivity index (χ0v) is 9.41. The molecule has 16 heavy (non-hydrogen) atoms. The Morgan fingerprint density at radius 2 is 2.19 bits per heavy atom. The lowest BCUT2D eigenvalue weighted by atomic mass is 10.1. The van der Waals surface area contributed by atoms with Crippen LogP contribution in [0.25, 0.3) is 11.4 Å². The fourth-order valence-corrected chi connectivity index (χ4v) is 2.27. The van der Waals surface area contributed by atoms with E-state index >= 15 is 0 Å². The number of benzene rings is 1. The molecule has 0 aliphatic carbocycles. The van der Waals surface area contributed by atoms with Gasteiger partial charge in [-0.05, 0) is 24.6 Å². The molecule has 0 radical (unpaired) electrons. The topological polar surface area (TPSA) is 56.7 Å². The molecule has 1 aliphatic rings. The molecule has 0 bridgehead atoms. The van der Waals surface area contributed by atoms with Crippen molar-refractivity contribution in [2.24, 2.45) is 0 Å². The molecular formula is C11H11ClN4. The molecule has 0 amide bonds. The Labute approximate surface area is 98.0 Å². The number of hydrogen-bond acceptors (Lipinski definition) is 3. The zero-order valence-electron chi connectivity index (χ0n) is 8.65. The summed E-state index contributed by atoms with van der Waals surface area (Å²) < 4.78 is 2.12. The SMILES string of the molecule is Nc1cc(Cl)ccc1-c1nnc2n1CCC2. The number of fused-ring (bicyclic) bond motifs is 1. The first-order chi connectivity index (χ1) is 7.75. The number of halogens is 1. The van der Waals surface area contributed by atoms with Crippen molar-refractivity contribution in [3.8, 4) is 11.4 Å². The van der Waals surface area contributed by atoms with Crippen LogP contribution in [0.2, 0.25) is 5.02 Å². The Bertz CT molecular complexity index is 547. The summed E-state index contributed by atoms with van der Waals surface area (Å²) in [6.07, 6.45) is 2.13. The summed E-state index contributed by atoms with van der Waals surface area (Å²) in [5.74, 6) is 1.89. The van der Waals surface area contributed by atoms with E-state index in [2.05, 4.69) is 14.8 Å². The third-order valence-electron chi connectivity index (χ3n) is 2.86. The van der Waals surface area contributed by atoms with Crippen LogP contribution in [0.5, 0.6) is 0 Å². The molecule has 3 rings (SSSR count). The van der Waals surface area contributed by atoms with Gasteiger partial charge in [0.05, 0.1) is 0 Å². The third-order valence-corrected chi connectivity index (χ3v) is 3.10. The summed E-state index contributed by atoms with van der Waals surface area (Å²) >= 11 is 5.87. The third kappa shape index (κ3) is 1.38. The fraction of sp³-hybridized carbons (Fsp3) is 0.273. The van der Waals surface area contributed by atoms with Crippen molar-refractivity contribution in [1.82, 2.24) is 14.8 Å². The Kier molecular flexibility index (Phi) is 2.11. The van der Waals surface area contributed by atoms with E-state index in [9.17, 15) is 0 Å². The van der Waals surface area contributed by atoms with Crippen molar-refractivity contribution < 1.29 is 0 Å². The largest absolute Gasteiger partial charge is 0.398 e. The van der Waals surface area contributed by atoms with Gasteiger partial charge in [0.25, 0.3) is 0 Å². The van der Waals surface area contributed by atoms with E-state index in [-0.39, 0.29) is 0 Å². The number of nitrogens with two attached hydrogens (primary N) is 1. The summed E-state index contributed by atoms with van der Waals surface area (Å²) in [4.78, 5) is 0. The van der Waals surface area contributed by atoms with Crippen LogP contribution in [0.15, 0.2) is 18.2 Å². The van der Waals surface area contributed by atoms with Crippen molar-refractivity contribution in [2.75, 3.05) is 5.73 Å². The lowest BCUT2D eigenvalue weighted by molar-refractivity contribution is 0.749. The van der Waals surface area contributed by atoms with Crippen molar-refractivity contribution in [3.05, 3.63) is 29.0 Å². The molecule has 0 atom stereocenters. The predicted octanol–water partition coefficient (Wildman–Crippen LogP) is 2.13. The highest BCUT2D eigenvalue weighted by molar-refractivity contribution is 6.31. The Morgan fingerprint density at radius 1 is 1.31 bits per heavy atom. The molecular weight excluding hydrogens is 224 g/mol. The van der Waals surface area contributed by atoms with Gasteiger partial charge >= 0.3 is 0 Å². The van der Waals surface area contributed by atoms with Gasteiger partial charge in [-0.25, -0.2) is 0 Å². The van der Waals surface area contributed by atoms with Crippen LogP contribution in [0.3, 0.4) is 0 Å². The summed E-state index contributed by atoms with van der Waals surface area (Å²) in [5.41, 5.74) is 7.50. The Morgan fingerprint density at radius 3 is 3.00 bits per heavy atom. The summed E-state index contributed by atoms with van der Waals surface area (Å²) in [6.45, 7) is 0.972. The highest BCUT2D eigenvalue weighted by Crippen LogP contribution is 2.29. The maximum absolute atomic E-state index is 5.94. The number of anilines is 1. The van der Waals surface area contributed by atoms with E-state index < -0.39 is 0 Å². The molecule has 0 saturated carbocycles. The normalized spacial score (nSPS) is 14.1. The van der Waals surface area contributed by atoms with Crippen LogP contribution >= 0.6 is 11.6 Å². The first kappa shape index (κ1) is 9.66. The van der Waals surface area contributed by atoms with Crippen LogP contribution in [0.1, 0.15) is 12.2 Å². The van der Waals surface area contributed by atoms with Gasteiger partial charge in [-0.2, -0.15) is 0 Å². The smallest absolute Gasteiger partial charge is 0.166 e. The van der Waals surface area contributed by atoms with Crippen LogP contribution in [-0.2, 0) is 13.0 Å². The summed E-state index contributed by atoms with van der Waals surface area (Å²) in [7, 11) is 0. The first-order valence-corrected chi connectivity index (χ1v) is 5.61. The monoisotopic (exact) mass is 234 g/mol. The maximum Gasteiger partial charge on any atom is 0.166 e. The van der Waals surface area contributed by atoms with Gasteiger partial charge < -0.3 is 10.3 Å². The second-order valence-corrected chi connectivity index (χ2v) is 4.36. The van der Waals surface area contributed by atoms with Crippen molar-refractivity contribution >= 4 is 17.3 Å². The van der Waals surface area contributed by atoms with Gasteiger partial charge in [0.15, 0.2) is 5.82 Å².